The Hall–Kier alpha value is -0.540. The molecular formula is C13H17BrO2. The molecule has 0 heterocycles. The zero-order valence-corrected chi connectivity index (χ0v) is 11.0. The van der Waals surface area contributed by atoms with Gasteiger partial charge in [-0.05, 0) is 43.9 Å². The monoisotopic (exact) mass is 284 g/mol. The second-order valence-corrected chi connectivity index (χ2v) is 5.33. The summed E-state index contributed by atoms with van der Waals surface area (Å²) >= 11 is 3.43. The molecule has 2 atom stereocenters. The van der Waals surface area contributed by atoms with Gasteiger partial charge in [-0.2, -0.15) is 0 Å². The second kappa shape index (κ2) is 5.19. The van der Waals surface area contributed by atoms with E-state index in [1.165, 1.54) is 0 Å². The van der Waals surface area contributed by atoms with E-state index in [1.54, 1.807) is 0 Å². The van der Waals surface area contributed by atoms with Gasteiger partial charge in [0.15, 0.2) is 0 Å². The first-order chi connectivity index (χ1) is 7.66. The summed E-state index contributed by atoms with van der Waals surface area (Å²) in [5.74, 6) is 0.875. The first-order valence-electron chi connectivity index (χ1n) is 5.77. The molecule has 3 heteroatoms. The average molecular weight is 285 g/mol. The standard InChI is InChI=1S/C13H17BrO2/c1-9-6-7-10(14)8-13(9)16-12-5-3-2-4-11(12)15/h6-8,11-12,15H,2-5H2,1H3/t11-,12-/m1/s1. The predicted molar refractivity (Wildman–Crippen MR) is 67.8 cm³/mol. The summed E-state index contributed by atoms with van der Waals surface area (Å²) in [7, 11) is 0. The number of aliphatic hydroxyl groups is 1. The minimum absolute atomic E-state index is 0.0400. The van der Waals surface area contributed by atoms with E-state index in [9.17, 15) is 5.11 Å². The molecule has 0 bridgehead atoms. The van der Waals surface area contributed by atoms with Crippen molar-refractivity contribution in [1.29, 1.82) is 0 Å². The molecule has 0 radical (unpaired) electrons. The Balaban J connectivity index is 2.10. The summed E-state index contributed by atoms with van der Waals surface area (Å²) in [6, 6.07) is 5.99. The lowest BCUT2D eigenvalue weighted by atomic mass is 9.95. The van der Waals surface area contributed by atoms with Crippen LogP contribution in [0.1, 0.15) is 31.2 Å². The van der Waals surface area contributed by atoms with Gasteiger partial charge < -0.3 is 9.84 Å². The maximum Gasteiger partial charge on any atom is 0.124 e. The van der Waals surface area contributed by atoms with E-state index in [1.807, 2.05) is 25.1 Å². The molecule has 1 N–H and O–H groups in total. The molecular weight excluding hydrogens is 268 g/mol. The van der Waals surface area contributed by atoms with Crippen LogP contribution in [0, 0.1) is 6.92 Å². The van der Waals surface area contributed by atoms with Gasteiger partial charge in [-0.15, -0.1) is 0 Å². The molecule has 1 aromatic carbocycles. The van der Waals surface area contributed by atoms with Gasteiger partial charge >= 0.3 is 0 Å². The molecule has 1 saturated carbocycles. The zero-order valence-electron chi connectivity index (χ0n) is 9.45. The van der Waals surface area contributed by atoms with E-state index in [-0.39, 0.29) is 12.2 Å². The Labute approximate surface area is 105 Å². The van der Waals surface area contributed by atoms with Crippen molar-refractivity contribution in [1.82, 2.24) is 0 Å². The molecule has 2 rings (SSSR count). The Bertz CT molecular complexity index is 365. The van der Waals surface area contributed by atoms with Gasteiger partial charge in [0.25, 0.3) is 0 Å². The highest BCUT2D eigenvalue weighted by Crippen LogP contribution is 2.28. The van der Waals surface area contributed by atoms with Gasteiger partial charge in [0, 0.05) is 4.47 Å². The van der Waals surface area contributed by atoms with E-state index in [0.29, 0.717) is 0 Å². The van der Waals surface area contributed by atoms with Gasteiger partial charge in [-0.25, -0.2) is 0 Å². The molecule has 1 aliphatic rings. The van der Waals surface area contributed by atoms with Crippen LogP contribution in [-0.4, -0.2) is 17.3 Å². The first-order valence-corrected chi connectivity index (χ1v) is 6.57. The third-order valence-corrected chi connectivity index (χ3v) is 3.59. The van der Waals surface area contributed by atoms with Crippen molar-refractivity contribution in [3.63, 3.8) is 0 Å². The lowest BCUT2D eigenvalue weighted by Crippen LogP contribution is -2.34. The predicted octanol–water partition coefficient (Wildman–Crippen LogP) is 3.44. The molecule has 1 aliphatic carbocycles. The van der Waals surface area contributed by atoms with Crippen LogP contribution in [0.25, 0.3) is 0 Å². The second-order valence-electron chi connectivity index (χ2n) is 4.42. The van der Waals surface area contributed by atoms with Crippen LogP contribution < -0.4 is 4.74 Å². The number of halogens is 1. The van der Waals surface area contributed by atoms with Crippen LogP contribution in [0.4, 0.5) is 0 Å². The summed E-state index contributed by atoms with van der Waals surface area (Å²) in [4.78, 5) is 0. The van der Waals surface area contributed by atoms with E-state index in [2.05, 4.69) is 15.9 Å². The minimum Gasteiger partial charge on any atom is -0.487 e. The van der Waals surface area contributed by atoms with Crippen molar-refractivity contribution >= 4 is 15.9 Å². The molecule has 16 heavy (non-hydrogen) atoms. The fourth-order valence-corrected chi connectivity index (χ4v) is 2.42. The molecule has 0 amide bonds. The number of hydrogen-bond donors (Lipinski definition) is 1. The minimum atomic E-state index is -0.313. The van der Waals surface area contributed by atoms with E-state index in [4.69, 9.17) is 4.74 Å². The Morgan fingerprint density at radius 3 is 2.81 bits per heavy atom. The van der Waals surface area contributed by atoms with E-state index < -0.39 is 0 Å². The quantitative estimate of drug-likeness (QED) is 0.902. The summed E-state index contributed by atoms with van der Waals surface area (Å²) in [5.41, 5.74) is 1.11. The third-order valence-electron chi connectivity index (χ3n) is 3.10. The molecule has 1 fully saturated rings. The molecule has 0 aliphatic heterocycles. The van der Waals surface area contributed by atoms with Crippen molar-refractivity contribution < 1.29 is 9.84 Å². The van der Waals surface area contributed by atoms with Crippen LogP contribution in [0.2, 0.25) is 0 Å². The smallest absolute Gasteiger partial charge is 0.124 e. The molecule has 0 saturated heterocycles. The number of benzene rings is 1. The summed E-state index contributed by atoms with van der Waals surface area (Å²) < 4.78 is 6.91. The number of ether oxygens (including phenoxy) is 1. The Morgan fingerprint density at radius 1 is 1.31 bits per heavy atom. The summed E-state index contributed by atoms with van der Waals surface area (Å²) in [6.07, 6.45) is 3.71. The van der Waals surface area contributed by atoms with Crippen molar-refractivity contribution in [3.05, 3.63) is 28.2 Å². The summed E-state index contributed by atoms with van der Waals surface area (Å²) in [6.45, 7) is 2.02. The van der Waals surface area contributed by atoms with Gasteiger partial charge in [-0.1, -0.05) is 28.4 Å². The highest BCUT2D eigenvalue weighted by atomic mass is 79.9. The first kappa shape index (κ1) is 11.9. The Kier molecular flexibility index (Phi) is 3.87. The van der Waals surface area contributed by atoms with Crippen molar-refractivity contribution in [2.75, 3.05) is 0 Å². The third kappa shape index (κ3) is 2.77. The molecule has 0 aromatic heterocycles. The van der Waals surface area contributed by atoms with Gasteiger partial charge in [-0.3, -0.25) is 0 Å². The van der Waals surface area contributed by atoms with Gasteiger partial charge in [0.05, 0.1) is 6.10 Å². The van der Waals surface area contributed by atoms with Crippen molar-refractivity contribution in [2.24, 2.45) is 0 Å². The number of aryl methyl sites for hydroxylation is 1. The number of rotatable bonds is 2. The summed E-state index contributed by atoms with van der Waals surface area (Å²) in [5, 5.41) is 9.85. The van der Waals surface area contributed by atoms with Crippen LogP contribution in [0.15, 0.2) is 22.7 Å². The SMILES string of the molecule is Cc1ccc(Br)cc1O[C@@H]1CCCC[C@H]1O. The average Bonchev–Trinajstić information content (AvgIpc) is 2.27. The van der Waals surface area contributed by atoms with Crippen LogP contribution >= 0.6 is 15.9 Å². The highest BCUT2D eigenvalue weighted by molar-refractivity contribution is 9.10. The van der Waals surface area contributed by atoms with Gasteiger partial charge in [0.1, 0.15) is 11.9 Å². The van der Waals surface area contributed by atoms with Crippen molar-refractivity contribution in [3.8, 4) is 5.75 Å². The lowest BCUT2D eigenvalue weighted by Gasteiger charge is -2.28. The van der Waals surface area contributed by atoms with Crippen LogP contribution in [-0.2, 0) is 0 Å². The molecule has 0 spiro atoms. The highest BCUT2D eigenvalue weighted by Gasteiger charge is 2.25. The number of hydrogen-bond acceptors (Lipinski definition) is 2. The van der Waals surface area contributed by atoms with E-state index in [0.717, 1.165) is 41.5 Å². The normalized spacial score (nSPS) is 25.4. The molecule has 1 aromatic rings. The van der Waals surface area contributed by atoms with Crippen LogP contribution in [0.5, 0.6) is 5.75 Å². The zero-order chi connectivity index (χ0) is 11.5. The van der Waals surface area contributed by atoms with Gasteiger partial charge in [0.2, 0.25) is 0 Å². The maximum atomic E-state index is 9.85. The van der Waals surface area contributed by atoms with Crippen molar-refractivity contribution in [2.45, 2.75) is 44.8 Å². The molecule has 88 valence electrons. The Morgan fingerprint density at radius 2 is 2.06 bits per heavy atom. The van der Waals surface area contributed by atoms with E-state index >= 15 is 0 Å². The maximum absolute atomic E-state index is 9.85. The molecule has 2 nitrogen and oxygen atoms in total. The largest absolute Gasteiger partial charge is 0.487 e. The van der Waals surface area contributed by atoms with Crippen LogP contribution in [0.3, 0.4) is 0 Å². The fourth-order valence-electron chi connectivity index (χ4n) is 2.08. The molecule has 0 unspecified atom stereocenters. The fraction of sp³-hybridized carbons (Fsp3) is 0.538. The lowest BCUT2D eigenvalue weighted by molar-refractivity contribution is 0.00651. The topological polar surface area (TPSA) is 29.5 Å². The number of aliphatic hydroxyl groups excluding tert-OH is 1.